The number of carboxylic acid groups (broad SMARTS) is 1. The fraction of sp³-hybridized carbons (Fsp3) is 0.848. The Balaban J connectivity index is 2.15. The van der Waals surface area contributed by atoms with Crippen LogP contribution in [0.3, 0.4) is 0 Å². The fourth-order valence-electron chi connectivity index (χ4n) is 7.79. The zero-order valence-corrected chi connectivity index (χ0v) is 29.6. The Bertz CT molecular complexity index is 1200. The van der Waals surface area contributed by atoms with E-state index in [1.54, 1.807) is 34.6 Å². The third-order valence-corrected chi connectivity index (χ3v) is 10.5. The van der Waals surface area contributed by atoms with Crippen LogP contribution in [0.2, 0.25) is 0 Å². The summed E-state index contributed by atoms with van der Waals surface area (Å²) in [6, 6.07) is -1.41. The molecular formula is C33H54N2O12. The number of hydrogen-bond donors (Lipinski definition) is 2. The summed E-state index contributed by atoms with van der Waals surface area (Å²) < 4.78 is 30.2. The molecule has 1 amide bonds. The van der Waals surface area contributed by atoms with Gasteiger partial charge in [0, 0.05) is 30.9 Å². The Kier molecular flexibility index (Phi) is 12.3. The highest BCUT2D eigenvalue weighted by Crippen LogP contribution is 2.43. The van der Waals surface area contributed by atoms with Crippen molar-refractivity contribution in [2.24, 2.45) is 23.7 Å². The van der Waals surface area contributed by atoms with E-state index < -0.39 is 95.9 Å². The van der Waals surface area contributed by atoms with Gasteiger partial charge < -0.3 is 38.8 Å². The number of amides is 1. The molecule has 268 valence electrons. The van der Waals surface area contributed by atoms with Gasteiger partial charge in [-0.05, 0) is 61.1 Å². The van der Waals surface area contributed by atoms with Gasteiger partial charge in [0.2, 0.25) is 0 Å². The Morgan fingerprint density at radius 3 is 2.19 bits per heavy atom. The number of aliphatic carboxylic acids is 1. The standard InChI is InChI=1S/C33H54N2O12/c1-12-22-33(8)27(35(15-23(36)37)31(42)47-33)18(4)24(38)16(2)14-32(7,43-11)28(19(5)25(39)20(6)29(41)45-22)46-30-26(40)21(34(9)10)13-17(3)44-30/h16-22,26-28,30,40H,12-15H2,1-11H3,(H,36,37)/t16-,17-,18+,19+,20-,21+,22-,26-,27-,28-,30+,32-,33-/m1/s1. The number of methoxy groups -OCH3 is 1. The monoisotopic (exact) mass is 670 g/mol. The smallest absolute Gasteiger partial charge is 0.411 e. The predicted molar refractivity (Wildman–Crippen MR) is 167 cm³/mol. The van der Waals surface area contributed by atoms with Gasteiger partial charge in [0.05, 0.1) is 23.9 Å². The maximum absolute atomic E-state index is 14.2. The SMILES string of the molecule is CC[C@H]1OC(=O)[C@H](C)C(=O)[C@H](C)[C@@H](O[C@@H]2O[C@H](C)C[C@H](N(C)C)[C@H]2O)[C@](C)(OC)C[C@@H](C)C(=O)[C@H](C)[C@H]2N(CC(=O)O)C(=O)O[C@]12C. The van der Waals surface area contributed by atoms with Gasteiger partial charge in [-0.3, -0.25) is 24.1 Å². The Labute approximate surface area is 277 Å². The normalized spacial score (nSPS) is 42.5. The van der Waals surface area contributed by atoms with E-state index in [0.29, 0.717) is 6.42 Å². The number of rotatable bonds is 7. The zero-order chi connectivity index (χ0) is 35.8. The number of nitrogens with zero attached hydrogens (tertiary/aromatic N) is 2. The topological polar surface area (TPSA) is 178 Å². The van der Waals surface area contributed by atoms with Crippen molar-refractivity contribution in [1.82, 2.24) is 9.80 Å². The lowest BCUT2D eigenvalue weighted by atomic mass is 9.73. The number of aliphatic hydroxyl groups excluding tert-OH is 1. The van der Waals surface area contributed by atoms with Crippen molar-refractivity contribution >= 4 is 29.6 Å². The van der Waals surface area contributed by atoms with E-state index in [0.717, 1.165) is 4.90 Å². The molecule has 3 heterocycles. The van der Waals surface area contributed by atoms with Crippen LogP contribution in [0.15, 0.2) is 0 Å². The summed E-state index contributed by atoms with van der Waals surface area (Å²) in [6.45, 7) is 12.4. The van der Waals surface area contributed by atoms with Gasteiger partial charge in [-0.1, -0.05) is 27.7 Å². The highest BCUT2D eigenvalue weighted by atomic mass is 16.7. The molecule has 0 unspecified atom stereocenters. The molecule has 3 aliphatic heterocycles. The molecule has 14 nitrogen and oxygen atoms in total. The molecule has 0 bridgehead atoms. The summed E-state index contributed by atoms with van der Waals surface area (Å²) in [4.78, 5) is 69.7. The number of Topliss-reactive ketones (excluding diaryl/α,β-unsaturated/α-hetero) is 2. The number of aliphatic hydroxyl groups is 1. The number of carboxylic acids is 1. The predicted octanol–water partition coefficient (Wildman–Crippen LogP) is 2.27. The first-order chi connectivity index (χ1) is 21.7. The van der Waals surface area contributed by atoms with Gasteiger partial charge in [-0.2, -0.15) is 0 Å². The molecule has 0 saturated carbocycles. The van der Waals surface area contributed by atoms with E-state index in [2.05, 4.69) is 0 Å². The van der Waals surface area contributed by atoms with E-state index in [4.69, 9.17) is 23.7 Å². The molecule has 3 saturated heterocycles. The van der Waals surface area contributed by atoms with Crippen molar-refractivity contribution in [2.75, 3.05) is 27.7 Å². The molecule has 0 aromatic carbocycles. The first-order valence-corrected chi connectivity index (χ1v) is 16.4. The molecule has 2 N–H and O–H groups in total. The number of esters is 1. The van der Waals surface area contributed by atoms with Crippen LogP contribution in [0, 0.1) is 23.7 Å². The van der Waals surface area contributed by atoms with Gasteiger partial charge in [-0.15, -0.1) is 0 Å². The molecule has 3 aliphatic rings. The van der Waals surface area contributed by atoms with E-state index >= 15 is 0 Å². The van der Waals surface area contributed by atoms with Crippen molar-refractivity contribution in [3.8, 4) is 0 Å². The molecule has 0 radical (unpaired) electrons. The molecule has 3 rings (SSSR count). The van der Waals surface area contributed by atoms with Crippen molar-refractivity contribution in [3.05, 3.63) is 0 Å². The van der Waals surface area contributed by atoms with Crippen molar-refractivity contribution in [1.29, 1.82) is 0 Å². The van der Waals surface area contributed by atoms with E-state index in [1.807, 2.05) is 25.9 Å². The minimum atomic E-state index is -1.60. The number of carbonyl (C=O) groups is 5. The third kappa shape index (κ3) is 7.66. The quantitative estimate of drug-likeness (QED) is 0.298. The van der Waals surface area contributed by atoms with Crippen LogP contribution >= 0.6 is 0 Å². The highest BCUT2D eigenvalue weighted by Gasteiger charge is 2.60. The number of carbonyl (C=O) groups excluding carboxylic acids is 4. The number of cyclic esters (lactones) is 1. The lowest BCUT2D eigenvalue weighted by molar-refractivity contribution is -0.295. The first kappa shape index (κ1) is 38.8. The van der Waals surface area contributed by atoms with Crippen LogP contribution < -0.4 is 0 Å². The molecule has 0 spiro atoms. The molecular weight excluding hydrogens is 616 g/mol. The van der Waals surface area contributed by atoms with E-state index in [9.17, 15) is 34.2 Å². The number of ether oxygens (including phenoxy) is 5. The average molecular weight is 671 g/mol. The van der Waals surface area contributed by atoms with Gasteiger partial charge in [0.1, 0.15) is 30.5 Å². The molecule has 0 aliphatic carbocycles. The fourth-order valence-corrected chi connectivity index (χ4v) is 7.79. The average Bonchev–Trinajstić information content (AvgIpc) is 3.25. The van der Waals surface area contributed by atoms with E-state index in [-0.39, 0.29) is 30.8 Å². The summed E-state index contributed by atoms with van der Waals surface area (Å²) in [5, 5.41) is 20.9. The molecule has 13 atom stereocenters. The molecule has 47 heavy (non-hydrogen) atoms. The van der Waals surface area contributed by atoms with Crippen molar-refractivity contribution < 1.29 is 57.9 Å². The van der Waals surface area contributed by atoms with Crippen molar-refractivity contribution in [2.45, 2.75) is 129 Å². The lowest BCUT2D eigenvalue weighted by Crippen LogP contribution is -2.60. The number of fused-ring (bicyclic) bond motifs is 1. The Morgan fingerprint density at radius 2 is 1.66 bits per heavy atom. The molecule has 3 fully saturated rings. The van der Waals surface area contributed by atoms with Crippen LogP contribution in [0.4, 0.5) is 4.79 Å². The van der Waals surface area contributed by atoms with Crippen molar-refractivity contribution in [3.63, 3.8) is 0 Å². The van der Waals surface area contributed by atoms with Gasteiger partial charge in [0.15, 0.2) is 17.7 Å². The summed E-state index contributed by atoms with van der Waals surface area (Å²) in [6.07, 6.45) is -4.93. The highest BCUT2D eigenvalue weighted by molar-refractivity contribution is 6.00. The Morgan fingerprint density at radius 1 is 1.04 bits per heavy atom. The number of likely N-dealkylation sites (N-methyl/N-ethyl adjacent to an activating group) is 1. The second-order valence-corrected chi connectivity index (χ2v) is 14.2. The van der Waals surface area contributed by atoms with Gasteiger partial charge >= 0.3 is 18.0 Å². The van der Waals surface area contributed by atoms with Gasteiger partial charge in [-0.25, -0.2) is 4.79 Å². The minimum Gasteiger partial charge on any atom is -0.480 e. The van der Waals surface area contributed by atoms with Crippen LogP contribution in [0.1, 0.15) is 74.7 Å². The molecule has 14 heteroatoms. The summed E-state index contributed by atoms with van der Waals surface area (Å²) >= 11 is 0. The maximum Gasteiger partial charge on any atom is 0.411 e. The third-order valence-electron chi connectivity index (χ3n) is 10.5. The van der Waals surface area contributed by atoms with E-state index in [1.165, 1.54) is 21.0 Å². The van der Waals surface area contributed by atoms with Crippen LogP contribution in [0.25, 0.3) is 0 Å². The Hall–Kier alpha value is -2.65. The number of hydrogen-bond acceptors (Lipinski definition) is 12. The lowest BCUT2D eigenvalue weighted by Gasteiger charge is -2.47. The van der Waals surface area contributed by atoms with Gasteiger partial charge in [0.25, 0.3) is 0 Å². The van der Waals surface area contributed by atoms with Crippen LogP contribution in [-0.2, 0) is 42.9 Å². The zero-order valence-electron chi connectivity index (χ0n) is 29.6. The largest absolute Gasteiger partial charge is 0.480 e. The first-order valence-electron chi connectivity index (χ1n) is 16.4. The maximum atomic E-state index is 14.2. The second-order valence-electron chi connectivity index (χ2n) is 14.2. The minimum absolute atomic E-state index is 0.0393. The van der Waals surface area contributed by atoms with Crippen LogP contribution in [-0.4, -0.2) is 131 Å². The summed E-state index contributed by atoms with van der Waals surface area (Å²) in [7, 11) is 5.11. The molecule has 0 aromatic heterocycles. The summed E-state index contributed by atoms with van der Waals surface area (Å²) in [5.41, 5.74) is -2.93. The second kappa shape index (κ2) is 14.9. The number of ketones is 2. The summed E-state index contributed by atoms with van der Waals surface area (Å²) in [5.74, 6) is -7.01. The molecule has 0 aromatic rings. The van der Waals surface area contributed by atoms with Crippen LogP contribution in [0.5, 0.6) is 0 Å².